The van der Waals surface area contributed by atoms with Gasteiger partial charge in [0.05, 0.1) is 19.0 Å². The lowest BCUT2D eigenvalue weighted by molar-refractivity contribution is 0.0995. The molecule has 0 fully saturated rings. The van der Waals surface area contributed by atoms with E-state index in [1.54, 1.807) is 12.5 Å². The molecule has 0 unspecified atom stereocenters. The van der Waals surface area contributed by atoms with Crippen molar-refractivity contribution in [3.63, 3.8) is 0 Å². The monoisotopic (exact) mass is 531 g/mol. The van der Waals surface area contributed by atoms with Crippen molar-refractivity contribution in [1.82, 2.24) is 9.55 Å². The van der Waals surface area contributed by atoms with Gasteiger partial charge in [-0.05, 0) is 66.0 Å². The number of hydrogen-bond donors (Lipinski definition) is 1. The molecule has 0 radical (unpaired) electrons. The summed E-state index contributed by atoms with van der Waals surface area (Å²) in [7, 11) is -1.97. The number of nitrogens with zero attached hydrogens (tertiary/aromatic N) is 2. The maximum atomic E-state index is 11.4. The lowest BCUT2D eigenvalue weighted by atomic mass is 10.1. The molecule has 0 aliphatic heterocycles. The zero-order chi connectivity index (χ0) is 24.2. The van der Waals surface area contributed by atoms with Crippen LogP contribution < -0.4 is 10.5 Å². The summed E-state index contributed by atoms with van der Waals surface area (Å²) in [5, 5.41) is 2.44. The Hall–Kier alpha value is -2.16. The standard InChI is InChI=1S/C25H34BrN3O3Si/c1-25(2,3)33(4,5)32-22(15-29-16-23(24(27)30)28-17-29)7-6-12-31-21-11-9-18-13-20(26)10-8-19(18)14-21/h8-11,13-14,16-17,22H,6-7,12,15H2,1-5H3,(H2,27,30)/t22-/m0/s1. The summed E-state index contributed by atoms with van der Waals surface area (Å²) in [6, 6.07) is 12.4. The van der Waals surface area contributed by atoms with Gasteiger partial charge in [-0.15, -0.1) is 0 Å². The predicted octanol–water partition coefficient (Wildman–Crippen LogP) is 6.15. The molecule has 178 valence electrons. The fraction of sp³-hybridized carbons (Fsp3) is 0.440. The van der Waals surface area contributed by atoms with Gasteiger partial charge in [0.25, 0.3) is 5.91 Å². The van der Waals surface area contributed by atoms with Gasteiger partial charge in [-0.1, -0.05) is 48.8 Å². The van der Waals surface area contributed by atoms with Crippen LogP contribution in [-0.2, 0) is 11.0 Å². The molecule has 1 aromatic heterocycles. The van der Waals surface area contributed by atoms with Gasteiger partial charge >= 0.3 is 0 Å². The second-order valence-corrected chi connectivity index (χ2v) is 15.6. The highest BCUT2D eigenvalue weighted by Crippen LogP contribution is 2.38. The second-order valence-electron chi connectivity index (χ2n) is 9.96. The molecule has 3 aromatic rings. The smallest absolute Gasteiger partial charge is 0.268 e. The average Bonchev–Trinajstić information content (AvgIpc) is 3.19. The molecule has 0 saturated carbocycles. The summed E-state index contributed by atoms with van der Waals surface area (Å²) >= 11 is 3.51. The van der Waals surface area contributed by atoms with E-state index in [2.05, 4.69) is 79.0 Å². The van der Waals surface area contributed by atoms with Gasteiger partial charge in [0, 0.05) is 17.2 Å². The molecular weight excluding hydrogens is 498 g/mol. The number of primary amides is 1. The van der Waals surface area contributed by atoms with Gasteiger partial charge in [-0.2, -0.15) is 0 Å². The number of hydrogen-bond acceptors (Lipinski definition) is 4. The van der Waals surface area contributed by atoms with Crippen molar-refractivity contribution in [2.45, 2.75) is 64.4 Å². The Morgan fingerprint density at radius 3 is 2.55 bits per heavy atom. The van der Waals surface area contributed by atoms with Crippen LogP contribution in [0.1, 0.15) is 44.1 Å². The maximum absolute atomic E-state index is 11.4. The van der Waals surface area contributed by atoms with Gasteiger partial charge < -0.3 is 19.5 Å². The normalized spacial score (nSPS) is 13.3. The van der Waals surface area contributed by atoms with Crippen LogP contribution in [0.25, 0.3) is 10.8 Å². The van der Waals surface area contributed by atoms with Crippen LogP contribution in [0.3, 0.4) is 0 Å². The number of imidazole rings is 1. The number of carbonyl (C=O) groups is 1. The Balaban J connectivity index is 1.62. The molecule has 6 nitrogen and oxygen atoms in total. The highest BCUT2D eigenvalue weighted by molar-refractivity contribution is 9.10. The zero-order valence-corrected chi connectivity index (χ0v) is 22.7. The van der Waals surface area contributed by atoms with Crippen molar-refractivity contribution in [3.8, 4) is 5.75 Å². The van der Waals surface area contributed by atoms with E-state index < -0.39 is 14.2 Å². The molecule has 8 heteroatoms. The predicted molar refractivity (Wildman–Crippen MR) is 139 cm³/mol. The van der Waals surface area contributed by atoms with Gasteiger partial charge in [0.1, 0.15) is 11.4 Å². The molecule has 2 N–H and O–H groups in total. The number of nitrogens with two attached hydrogens (primary N) is 1. The summed E-state index contributed by atoms with van der Waals surface area (Å²) in [6.45, 7) is 12.5. The third-order valence-corrected chi connectivity index (χ3v) is 11.3. The zero-order valence-electron chi connectivity index (χ0n) is 20.1. The van der Waals surface area contributed by atoms with Crippen LogP contribution in [0.5, 0.6) is 5.75 Å². The Kier molecular flexibility index (Phi) is 8.03. The van der Waals surface area contributed by atoms with Crippen LogP contribution in [0, 0.1) is 0 Å². The van der Waals surface area contributed by atoms with E-state index in [1.807, 2.05) is 16.7 Å². The van der Waals surface area contributed by atoms with Crippen LogP contribution in [0.2, 0.25) is 18.1 Å². The Morgan fingerprint density at radius 1 is 1.18 bits per heavy atom. The number of aromatic nitrogens is 2. The van der Waals surface area contributed by atoms with E-state index in [9.17, 15) is 4.79 Å². The molecule has 0 spiro atoms. The van der Waals surface area contributed by atoms with E-state index in [-0.39, 0.29) is 16.8 Å². The largest absolute Gasteiger partial charge is 0.494 e. The first kappa shape index (κ1) is 25.5. The topological polar surface area (TPSA) is 79.4 Å². The lowest BCUT2D eigenvalue weighted by Crippen LogP contribution is -2.45. The second kappa shape index (κ2) is 10.4. The fourth-order valence-corrected chi connectivity index (χ4v) is 5.15. The molecule has 2 aromatic carbocycles. The number of carbonyl (C=O) groups excluding carboxylic acids is 1. The number of fused-ring (bicyclic) bond motifs is 1. The number of benzene rings is 2. The van der Waals surface area contributed by atoms with Crippen LogP contribution in [0.4, 0.5) is 0 Å². The van der Waals surface area contributed by atoms with Gasteiger partial charge in [0.15, 0.2) is 8.32 Å². The molecule has 0 aliphatic rings. The van der Waals surface area contributed by atoms with Crippen molar-refractivity contribution in [2.24, 2.45) is 5.73 Å². The van der Waals surface area contributed by atoms with Crippen molar-refractivity contribution >= 4 is 40.9 Å². The van der Waals surface area contributed by atoms with E-state index in [1.165, 1.54) is 5.39 Å². The molecule has 1 heterocycles. The minimum Gasteiger partial charge on any atom is -0.494 e. The summed E-state index contributed by atoms with van der Waals surface area (Å²) < 4.78 is 15.7. The first-order chi connectivity index (χ1) is 15.4. The van der Waals surface area contributed by atoms with E-state index in [0.717, 1.165) is 28.5 Å². The maximum Gasteiger partial charge on any atom is 0.268 e. The van der Waals surface area contributed by atoms with Crippen LogP contribution >= 0.6 is 15.9 Å². The highest BCUT2D eigenvalue weighted by atomic mass is 79.9. The van der Waals surface area contributed by atoms with Crippen molar-refractivity contribution in [2.75, 3.05) is 6.61 Å². The SMILES string of the molecule is CC(C)(C)[Si](C)(C)O[C@@H](CCCOc1ccc2cc(Br)ccc2c1)Cn1cnc(C(N)=O)c1. The number of halogens is 1. The molecule has 0 bridgehead atoms. The minimum atomic E-state index is -1.97. The first-order valence-corrected chi connectivity index (χ1v) is 15.0. The lowest BCUT2D eigenvalue weighted by Gasteiger charge is -2.39. The summed E-state index contributed by atoms with van der Waals surface area (Å²) in [6.07, 6.45) is 5.03. The molecule has 0 aliphatic carbocycles. The minimum absolute atomic E-state index is 0.00151. The third kappa shape index (κ3) is 6.91. The summed E-state index contributed by atoms with van der Waals surface area (Å²) in [5.74, 6) is 0.346. The molecule has 3 rings (SSSR count). The van der Waals surface area contributed by atoms with Crippen molar-refractivity contribution < 1.29 is 14.0 Å². The Morgan fingerprint density at radius 2 is 1.88 bits per heavy atom. The number of rotatable bonds is 10. The van der Waals surface area contributed by atoms with Crippen LogP contribution in [0.15, 0.2) is 53.4 Å². The summed E-state index contributed by atoms with van der Waals surface area (Å²) in [4.78, 5) is 15.5. The van der Waals surface area contributed by atoms with E-state index in [4.69, 9.17) is 14.9 Å². The van der Waals surface area contributed by atoms with Gasteiger partial charge in [0.2, 0.25) is 0 Å². The number of ether oxygens (including phenoxy) is 1. The third-order valence-electron chi connectivity index (χ3n) is 6.28. The van der Waals surface area contributed by atoms with E-state index >= 15 is 0 Å². The Bertz CT molecular complexity index is 1110. The fourth-order valence-electron chi connectivity index (χ4n) is 3.39. The number of amides is 1. The summed E-state index contributed by atoms with van der Waals surface area (Å²) in [5.41, 5.74) is 5.63. The molecular formula is C25H34BrN3O3Si. The highest BCUT2D eigenvalue weighted by Gasteiger charge is 2.39. The Labute approximate surface area is 205 Å². The van der Waals surface area contributed by atoms with Gasteiger partial charge in [-0.25, -0.2) is 4.98 Å². The quantitative estimate of drug-likeness (QED) is 0.251. The van der Waals surface area contributed by atoms with E-state index in [0.29, 0.717) is 13.2 Å². The molecule has 1 atom stereocenters. The first-order valence-electron chi connectivity index (χ1n) is 11.3. The molecule has 33 heavy (non-hydrogen) atoms. The molecule has 1 amide bonds. The van der Waals surface area contributed by atoms with Crippen molar-refractivity contribution in [3.05, 3.63) is 59.1 Å². The van der Waals surface area contributed by atoms with Crippen LogP contribution in [-0.4, -0.2) is 36.5 Å². The van der Waals surface area contributed by atoms with Crippen molar-refractivity contribution in [1.29, 1.82) is 0 Å². The molecule has 0 saturated heterocycles. The van der Waals surface area contributed by atoms with Gasteiger partial charge in [-0.3, -0.25) is 4.79 Å². The average molecular weight is 533 g/mol.